The topological polar surface area (TPSA) is 90.0 Å². The smallest absolute Gasteiger partial charge is 0.341 e. The quantitative estimate of drug-likeness (QED) is 0.451. The maximum atomic E-state index is 14.3. The highest BCUT2D eigenvalue weighted by atomic mass is 19.4. The fourth-order valence-electron chi connectivity index (χ4n) is 5.10. The number of likely N-dealkylation sites (tertiary alicyclic amines) is 1. The van der Waals surface area contributed by atoms with Crippen LogP contribution in [0.3, 0.4) is 0 Å². The van der Waals surface area contributed by atoms with Crippen molar-refractivity contribution >= 4 is 29.4 Å². The minimum atomic E-state index is -4.78. The Morgan fingerprint density at radius 1 is 1.00 bits per heavy atom. The molecule has 0 aliphatic carbocycles. The SMILES string of the molecule is CC(C)C(NC(=O)c1cc(C(F)(F)F)ccc1F)C(=O)N1CCC2(CC1)C(=O)N(C)C(=O)N2c1ccccc1. The molecule has 2 aliphatic heterocycles. The number of imide groups is 1. The maximum Gasteiger partial charge on any atom is 0.416 e. The van der Waals surface area contributed by atoms with Crippen molar-refractivity contribution in [2.24, 2.45) is 5.92 Å². The lowest BCUT2D eigenvalue weighted by Crippen LogP contribution is -2.60. The van der Waals surface area contributed by atoms with Crippen LogP contribution >= 0.6 is 0 Å². The summed E-state index contributed by atoms with van der Waals surface area (Å²) in [5.41, 5.74) is -2.64. The second-order valence-electron chi connectivity index (χ2n) is 10.1. The number of anilines is 1. The van der Waals surface area contributed by atoms with Crippen LogP contribution in [0.15, 0.2) is 48.5 Å². The zero-order valence-electron chi connectivity index (χ0n) is 21.6. The molecule has 4 rings (SSSR count). The van der Waals surface area contributed by atoms with E-state index in [0.717, 1.165) is 4.90 Å². The minimum absolute atomic E-state index is 0.0893. The van der Waals surface area contributed by atoms with Gasteiger partial charge in [0.15, 0.2) is 0 Å². The number of rotatable bonds is 5. The van der Waals surface area contributed by atoms with Crippen LogP contribution in [0.4, 0.5) is 28.0 Å². The number of carbonyl (C=O) groups is 4. The van der Waals surface area contributed by atoms with E-state index in [1.54, 1.807) is 44.2 Å². The highest BCUT2D eigenvalue weighted by Gasteiger charge is 2.58. The summed E-state index contributed by atoms with van der Waals surface area (Å²) in [5.74, 6) is -3.67. The second-order valence-corrected chi connectivity index (χ2v) is 10.1. The molecule has 0 saturated carbocycles. The number of para-hydroxylation sites is 1. The predicted octanol–water partition coefficient (Wildman–Crippen LogP) is 4.06. The van der Waals surface area contributed by atoms with Crippen LogP contribution in [0, 0.1) is 11.7 Å². The molecular weight excluding hydrogens is 520 g/mol. The molecule has 1 N–H and O–H groups in total. The molecule has 2 saturated heterocycles. The third kappa shape index (κ3) is 5.07. The van der Waals surface area contributed by atoms with Gasteiger partial charge in [0.2, 0.25) is 5.91 Å². The lowest BCUT2D eigenvalue weighted by molar-refractivity contribution is -0.139. The highest BCUT2D eigenvalue weighted by molar-refractivity contribution is 6.16. The first-order valence-corrected chi connectivity index (χ1v) is 12.4. The van der Waals surface area contributed by atoms with Crippen LogP contribution < -0.4 is 10.2 Å². The summed E-state index contributed by atoms with van der Waals surface area (Å²) in [6.45, 7) is 3.46. The summed E-state index contributed by atoms with van der Waals surface area (Å²) < 4.78 is 53.6. The van der Waals surface area contributed by atoms with E-state index < -0.39 is 58.5 Å². The summed E-state index contributed by atoms with van der Waals surface area (Å²) >= 11 is 0. The molecule has 1 spiro atoms. The van der Waals surface area contributed by atoms with Crippen LogP contribution in [-0.2, 0) is 15.8 Å². The van der Waals surface area contributed by atoms with Gasteiger partial charge in [-0.25, -0.2) is 9.18 Å². The number of hydrogen-bond donors (Lipinski definition) is 1. The van der Waals surface area contributed by atoms with E-state index in [1.165, 1.54) is 16.8 Å². The van der Waals surface area contributed by atoms with Gasteiger partial charge in [-0.1, -0.05) is 32.0 Å². The molecule has 0 aromatic heterocycles. The number of nitrogens with one attached hydrogen (secondary N) is 1. The monoisotopic (exact) mass is 548 g/mol. The molecule has 0 bridgehead atoms. The van der Waals surface area contributed by atoms with Crippen molar-refractivity contribution in [3.63, 3.8) is 0 Å². The van der Waals surface area contributed by atoms with E-state index in [1.807, 2.05) is 0 Å². The fraction of sp³-hybridized carbons (Fsp3) is 0.407. The Bertz CT molecular complexity index is 1290. The van der Waals surface area contributed by atoms with E-state index in [2.05, 4.69) is 5.32 Å². The predicted molar refractivity (Wildman–Crippen MR) is 133 cm³/mol. The van der Waals surface area contributed by atoms with Gasteiger partial charge in [-0.15, -0.1) is 0 Å². The normalized spacial score (nSPS) is 18.2. The van der Waals surface area contributed by atoms with Crippen molar-refractivity contribution < 1.29 is 36.7 Å². The number of piperidine rings is 1. The molecule has 2 aliphatic rings. The third-order valence-electron chi connectivity index (χ3n) is 7.28. The van der Waals surface area contributed by atoms with Crippen molar-refractivity contribution in [3.05, 3.63) is 65.5 Å². The van der Waals surface area contributed by atoms with Crippen LogP contribution in [0.1, 0.15) is 42.6 Å². The third-order valence-corrected chi connectivity index (χ3v) is 7.28. The molecule has 2 aromatic carbocycles. The number of halogens is 4. The van der Waals surface area contributed by atoms with Gasteiger partial charge >= 0.3 is 12.2 Å². The number of hydrogen-bond acceptors (Lipinski definition) is 4. The summed E-state index contributed by atoms with van der Waals surface area (Å²) in [6.07, 6.45) is -4.49. The standard InChI is InChI=1S/C27H28F4N4O4/c1-16(2)21(32-22(36)19-15-17(27(29,30)31)9-10-20(19)28)23(37)34-13-11-26(12-14-34)24(38)33(3)25(39)35(26)18-7-5-4-6-8-18/h4-10,15-16,21H,11-14H2,1-3H3,(H,32,36). The van der Waals surface area contributed by atoms with Crippen LogP contribution in [0.5, 0.6) is 0 Å². The van der Waals surface area contributed by atoms with E-state index >= 15 is 0 Å². The van der Waals surface area contributed by atoms with E-state index in [4.69, 9.17) is 0 Å². The minimum Gasteiger partial charge on any atom is -0.341 e. The summed E-state index contributed by atoms with van der Waals surface area (Å²) in [6, 6.07) is 8.61. The Labute approximate surface area is 222 Å². The molecule has 2 fully saturated rings. The first-order valence-electron chi connectivity index (χ1n) is 12.4. The van der Waals surface area contributed by atoms with E-state index in [0.29, 0.717) is 23.9 Å². The number of alkyl halides is 3. The molecule has 1 unspecified atom stereocenters. The molecule has 2 aromatic rings. The van der Waals surface area contributed by atoms with Gasteiger partial charge in [0.05, 0.1) is 11.1 Å². The fourth-order valence-corrected chi connectivity index (χ4v) is 5.10. The first kappa shape index (κ1) is 28.1. The van der Waals surface area contributed by atoms with Crippen molar-refractivity contribution in [1.82, 2.24) is 15.1 Å². The Balaban J connectivity index is 1.52. The molecule has 208 valence electrons. The highest BCUT2D eigenvalue weighted by Crippen LogP contribution is 2.40. The van der Waals surface area contributed by atoms with Gasteiger partial charge in [0.25, 0.3) is 11.8 Å². The average Bonchev–Trinajstić information content (AvgIpc) is 3.07. The number of carbonyl (C=O) groups excluding carboxylic acids is 4. The van der Waals surface area contributed by atoms with Crippen LogP contribution in [0.25, 0.3) is 0 Å². The Morgan fingerprint density at radius 3 is 2.18 bits per heavy atom. The molecule has 2 heterocycles. The van der Waals surface area contributed by atoms with Gasteiger partial charge in [0.1, 0.15) is 17.4 Å². The van der Waals surface area contributed by atoms with Crippen molar-refractivity contribution in [2.75, 3.05) is 25.0 Å². The lowest BCUT2D eigenvalue weighted by Gasteiger charge is -2.43. The largest absolute Gasteiger partial charge is 0.416 e. The molecule has 1 atom stereocenters. The van der Waals surface area contributed by atoms with Crippen molar-refractivity contribution in [3.8, 4) is 0 Å². The summed E-state index contributed by atoms with van der Waals surface area (Å²) in [7, 11) is 1.41. The van der Waals surface area contributed by atoms with Crippen molar-refractivity contribution in [1.29, 1.82) is 0 Å². The van der Waals surface area contributed by atoms with Gasteiger partial charge in [-0.2, -0.15) is 13.2 Å². The van der Waals surface area contributed by atoms with Crippen molar-refractivity contribution in [2.45, 2.75) is 44.4 Å². The second kappa shape index (κ2) is 10.3. The number of urea groups is 1. The average molecular weight is 549 g/mol. The molecule has 39 heavy (non-hydrogen) atoms. The Hall–Kier alpha value is -3.96. The van der Waals surface area contributed by atoms with Gasteiger partial charge in [-0.05, 0) is 49.1 Å². The molecule has 8 nitrogen and oxygen atoms in total. The summed E-state index contributed by atoms with van der Waals surface area (Å²) in [4.78, 5) is 56.4. The molecule has 5 amide bonds. The summed E-state index contributed by atoms with van der Waals surface area (Å²) in [5, 5.41) is 2.39. The Kier molecular flexibility index (Phi) is 7.42. The number of amides is 5. The zero-order chi connectivity index (χ0) is 28.7. The first-order chi connectivity index (χ1) is 18.3. The Morgan fingerprint density at radius 2 is 1.62 bits per heavy atom. The van der Waals surface area contributed by atoms with Gasteiger partial charge < -0.3 is 10.2 Å². The van der Waals surface area contributed by atoms with Crippen LogP contribution in [-0.4, -0.2) is 65.3 Å². The van der Waals surface area contributed by atoms with Gasteiger partial charge in [0, 0.05) is 25.8 Å². The van der Waals surface area contributed by atoms with Gasteiger partial charge in [-0.3, -0.25) is 24.2 Å². The number of nitrogens with zero attached hydrogens (tertiary/aromatic N) is 3. The number of likely N-dealkylation sites (N-methyl/N-ethyl adjacent to an activating group) is 1. The van der Waals surface area contributed by atoms with E-state index in [9.17, 15) is 36.7 Å². The van der Waals surface area contributed by atoms with Crippen LogP contribution in [0.2, 0.25) is 0 Å². The molecular formula is C27H28F4N4O4. The molecule has 0 radical (unpaired) electrons. The zero-order valence-corrected chi connectivity index (χ0v) is 21.6. The maximum absolute atomic E-state index is 14.3. The van der Waals surface area contributed by atoms with E-state index in [-0.39, 0.29) is 31.8 Å². The molecule has 12 heteroatoms. The lowest BCUT2D eigenvalue weighted by atomic mass is 9.85. The number of benzene rings is 2.